The molecule has 1 spiro atoms. The molecule has 3 aliphatic rings. The molecular weight excluding hydrogens is 244 g/mol. The second-order valence-electron chi connectivity index (χ2n) is 6.11. The smallest absolute Gasteiger partial charge is 0.248 e. The molecule has 3 rings (SSSR count). The molecule has 0 aromatic carbocycles. The lowest BCUT2D eigenvalue weighted by Crippen LogP contribution is -2.67. The summed E-state index contributed by atoms with van der Waals surface area (Å²) in [7, 11) is 0. The van der Waals surface area contributed by atoms with Crippen LogP contribution in [0, 0.1) is 5.92 Å². The van der Waals surface area contributed by atoms with Gasteiger partial charge in [0.15, 0.2) is 0 Å². The summed E-state index contributed by atoms with van der Waals surface area (Å²) in [5.74, 6) is 0.537. The van der Waals surface area contributed by atoms with Crippen molar-refractivity contribution in [2.45, 2.75) is 44.1 Å². The van der Waals surface area contributed by atoms with Gasteiger partial charge in [0.2, 0.25) is 11.8 Å². The first-order valence-electron chi connectivity index (χ1n) is 7.38. The van der Waals surface area contributed by atoms with Crippen LogP contribution in [-0.4, -0.2) is 48.6 Å². The Morgan fingerprint density at radius 3 is 2.74 bits per heavy atom. The lowest BCUT2D eigenvalue weighted by molar-refractivity contribution is -0.152. The van der Waals surface area contributed by atoms with Crippen LogP contribution in [-0.2, 0) is 14.3 Å². The fourth-order valence-corrected chi connectivity index (χ4v) is 3.59. The molecule has 2 saturated heterocycles. The van der Waals surface area contributed by atoms with Gasteiger partial charge in [0.1, 0.15) is 5.54 Å². The summed E-state index contributed by atoms with van der Waals surface area (Å²) in [5, 5.41) is 2.97. The maximum Gasteiger partial charge on any atom is 0.248 e. The Hall–Kier alpha value is -1.10. The summed E-state index contributed by atoms with van der Waals surface area (Å²) in [6, 6.07) is 0. The molecule has 0 aromatic heterocycles. The van der Waals surface area contributed by atoms with Gasteiger partial charge < -0.3 is 15.0 Å². The van der Waals surface area contributed by atoms with Crippen molar-refractivity contribution >= 4 is 11.8 Å². The van der Waals surface area contributed by atoms with Gasteiger partial charge in [-0.15, -0.1) is 0 Å². The van der Waals surface area contributed by atoms with E-state index in [4.69, 9.17) is 4.74 Å². The van der Waals surface area contributed by atoms with E-state index < -0.39 is 5.54 Å². The molecule has 0 aromatic rings. The van der Waals surface area contributed by atoms with Gasteiger partial charge in [0.25, 0.3) is 0 Å². The van der Waals surface area contributed by atoms with Gasteiger partial charge in [-0.25, -0.2) is 0 Å². The van der Waals surface area contributed by atoms with Crippen molar-refractivity contribution in [3.05, 3.63) is 0 Å². The average Bonchev–Trinajstić information content (AvgIpc) is 2.89. The lowest BCUT2D eigenvalue weighted by Gasteiger charge is -2.44. The Kier molecular flexibility index (Phi) is 3.48. The van der Waals surface area contributed by atoms with E-state index >= 15 is 0 Å². The van der Waals surface area contributed by atoms with Gasteiger partial charge in [-0.2, -0.15) is 0 Å². The zero-order valence-corrected chi connectivity index (χ0v) is 11.3. The fraction of sp³-hybridized carbons (Fsp3) is 0.857. The third kappa shape index (κ3) is 2.48. The van der Waals surface area contributed by atoms with Gasteiger partial charge in [0.05, 0.1) is 13.2 Å². The molecule has 1 aliphatic carbocycles. The predicted molar refractivity (Wildman–Crippen MR) is 69.5 cm³/mol. The van der Waals surface area contributed by atoms with Crippen molar-refractivity contribution in [1.82, 2.24) is 10.2 Å². The minimum Gasteiger partial charge on any atom is -0.381 e. The number of carbonyl (C=O) groups is 2. The van der Waals surface area contributed by atoms with Crippen LogP contribution in [0.3, 0.4) is 0 Å². The van der Waals surface area contributed by atoms with Crippen LogP contribution in [0.15, 0.2) is 0 Å². The first-order chi connectivity index (χ1) is 9.20. The summed E-state index contributed by atoms with van der Waals surface area (Å²) in [5.41, 5.74) is -0.590. The van der Waals surface area contributed by atoms with E-state index in [1.54, 1.807) is 4.90 Å². The van der Waals surface area contributed by atoms with Gasteiger partial charge in [-0.1, -0.05) is 19.3 Å². The summed E-state index contributed by atoms with van der Waals surface area (Å²) in [6.07, 6.45) is 5.84. The molecule has 5 heteroatoms. The van der Waals surface area contributed by atoms with Crippen molar-refractivity contribution < 1.29 is 14.3 Å². The molecule has 1 N–H and O–H groups in total. The Labute approximate surface area is 113 Å². The molecule has 0 radical (unpaired) electrons. The molecule has 0 bridgehead atoms. The molecule has 5 nitrogen and oxygen atoms in total. The molecule has 1 atom stereocenters. The van der Waals surface area contributed by atoms with Crippen LogP contribution in [0.1, 0.15) is 38.5 Å². The Balaban J connectivity index is 1.72. The van der Waals surface area contributed by atoms with Crippen molar-refractivity contribution in [3.63, 3.8) is 0 Å². The highest BCUT2D eigenvalue weighted by Crippen LogP contribution is 2.32. The monoisotopic (exact) mass is 266 g/mol. The number of nitrogens with one attached hydrogen (secondary N) is 1. The van der Waals surface area contributed by atoms with E-state index in [1.165, 1.54) is 6.42 Å². The van der Waals surface area contributed by atoms with E-state index in [0.29, 0.717) is 12.5 Å². The van der Waals surface area contributed by atoms with E-state index in [0.717, 1.165) is 45.3 Å². The zero-order chi connectivity index (χ0) is 13.3. The second-order valence-corrected chi connectivity index (χ2v) is 6.11. The predicted octanol–water partition coefficient (Wildman–Crippen LogP) is 0.684. The molecule has 2 amide bonds. The maximum absolute atomic E-state index is 12.7. The highest BCUT2D eigenvalue weighted by molar-refractivity contribution is 5.98. The van der Waals surface area contributed by atoms with Crippen LogP contribution in [0.2, 0.25) is 0 Å². The van der Waals surface area contributed by atoms with Crippen LogP contribution in [0.25, 0.3) is 0 Å². The number of piperazine rings is 1. The normalized spacial score (nSPS) is 30.7. The van der Waals surface area contributed by atoms with E-state index in [1.807, 2.05) is 0 Å². The molecule has 1 saturated carbocycles. The van der Waals surface area contributed by atoms with Gasteiger partial charge in [-0.3, -0.25) is 9.59 Å². The molecule has 106 valence electrons. The molecule has 1 unspecified atom stereocenters. The Morgan fingerprint density at radius 1 is 1.26 bits per heavy atom. The summed E-state index contributed by atoms with van der Waals surface area (Å²) >= 11 is 0. The number of hydrogen-bond acceptors (Lipinski definition) is 3. The third-order valence-corrected chi connectivity index (χ3v) is 4.62. The van der Waals surface area contributed by atoms with Crippen molar-refractivity contribution in [2.75, 3.05) is 26.3 Å². The average molecular weight is 266 g/mol. The molecule has 19 heavy (non-hydrogen) atoms. The number of amides is 2. The van der Waals surface area contributed by atoms with Crippen molar-refractivity contribution in [1.29, 1.82) is 0 Å². The van der Waals surface area contributed by atoms with Gasteiger partial charge in [-0.05, 0) is 19.3 Å². The van der Waals surface area contributed by atoms with Crippen LogP contribution in [0.4, 0.5) is 0 Å². The van der Waals surface area contributed by atoms with Crippen LogP contribution in [0.5, 0.6) is 0 Å². The Morgan fingerprint density at radius 2 is 2.05 bits per heavy atom. The molecule has 2 aliphatic heterocycles. The highest BCUT2D eigenvalue weighted by atomic mass is 16.5. The number of ether oxygens (including phenoxy) is 1. The molecular formula is C14H22N2O3. The lowest BCUT2D eigenvalue weighted by atomic mass is 9.79. The standard InChI is InChI=1S/C14H22N2O3/c17-12-9-16(8-11-4-7-19-10-11)13(18)14(15-12)5-2-1-3-6-14/h11H,1-10H2,(H,15,17). The highest BCUT2D eigenvalue weighted by Gasteiger charge is 2.47. The van der Waals surface area contributed by atoms with E-state index in [9.17, 15) is 9.59 Å². The van der Waals surface area contributed by atoms with Crippen LogP contribution >= 0.6 is 0 Å². The second kappa shape index (κ2) is 5.12. The first-order valence-corrected chi connectivity index (χ1v) is 7.38. The maximum atomic E-state index is 12.7. The third-order valence-electron chi connectivity index (χ3n) is 4.62. The van der Waals surface area contributed by atoms with E-state index in [2.05, 4.69) is 5.32 Å². The topological polar surface area (TPSA) is 58.6 Å². The molecule has 2 heterocycles. The van der Waals surface area contributed by atoms with Crippen molar-refractivity contribution in [3.8, 4) is 0 Å². The number of nitrogens with zero attached hydrogens (tertiary/aromatic N) is 1. The van der Waals surface area contributed by atoms with Gasteiger partial charge in [0, 0.05) is 19.1 Å². The number of rotatable bonds is 2. The molecule has 3 fully saturated rings. The first kappa shape index (κ1) is 12.9. The summed E-state index contributed by atoms with van der Waals surface area (Å²) in [4.78, 5) is 26.4. The fourth-order valence-electron chi connectivity index (χ4n) is 3.59. The van der Waals surface area contributed by atoms with Gasteiger partial charge >= 0.3 is 0 Å². The summed E-state index contributed by atoms with van der Waals surface area (Å²) in [6.45, 7) is 2.40. The minimum absolute atomic E-state index is 0.000385. The minimum atomic E-state index is -0.590. The van der Waals surface area contributed by atoms with Crippen LogP contribution < -0.4 is 5.32 Å². The summed E-state index contributed by atoms with van der Waals surface area (Å²) < 4.78 is 5.36. The van der Waals surface area contributed by atoms with Crippen molar-refractivity contribution in [2.24, 2.45) is 5.92 Å². The quantitative estimate of drug-likeness (QED) is 0.800. The van der Waals surface area contributed by atoms with E-state index in [-0.39, 0.29) is 18.4 Å². The largest absolute Gasteiger partial charge is 0.381 e. The Bertz CT molecular complexity index is 371. The zero-order valence-electron chi connectivity index (χ0n) is 11.3. The number of hydrogen-bond donors (Lipinski definition) is 1. The number of carbonyl (C=O) groups excluding carboxylic acids is 2. The SMILES string of the molecule is O=C1CN(CC2CCOC2)C(=O)C2(CCCCC2)N1.